The normalized spacial score (nSPS) is 17.7. The lowest BCUT2D eigenvalue weighted by Gasteiger charge is -2.26. The van der Waals surface area contributed by atoms with Crippen LogP contribution in [0.5, 0.6) is 0 Å². The van der Waals surface area contributed by atoms with Crippen LogP contribution in [0.25, 0.3) is 0 Å². The van der Waals surface area contributed by atoms with Gasteiger partial charge in [-0.1, -0.05) is 6.42 Å². The highest BCUT2D eigenvalue weighted by atomic mass is 32.2. The van der Waals surface area contributed by atoms with E-state index in [0.717, 1.165) is 25.6 Å². The molecule has 0 aromatic carbocycles. The molecule has 0 unspecified atom stereocenters. The molecule has 0 aliphatic carbocycles. The number of rotatable bonds is 8. The standard InChI is InChI=1S/C14H30N4O2S/c1-3-15-14(16-8-7-13-21(2,19)20)17-9-12-18-10-5-4-6-11-18/h3-13H2,1-2H3,(H2,15,16,17). The largest absolute Gasteiger partial charge is 0.357 e. The molecule has 1 heterocycles. The second kappa shape index (κ2) is 10.00. The van der Waals surface area contributed by atoms with Crippen LogP contribution in [0, 0.1) is 0 Å². The molecule has 0 atom stereocenters. The van der Waals surface area contributed by atoms with E-state index in [9.17, 15) is 8.42 Å². The molecule has 0 spiro atoms. The smallest absolute Gasteiger partial charge is 0.191 e. The second-order valence-electron chi connectivity index (χ2n) is 5.57. The summed E-state index contributed by atoms with van der Waals surface area (Å²) in [6.07, 6.45) is 5.80. The maximum absolute atomic E-state index is 11.1. The molecule has 0 saturated carbocycles. The van der Waals surface area contributed by atoms with E-state index < -0.39 is 9.84 Å². The van der Waals surface area contributed by atoms with Crippen molar-refractivity contribution in [2.75, 3.05) is 51.3 Å². The summed E-state index contributed by atoms with van der Waals surface area (Å²) in [5.74, 6) is 0.979. The van der Waals surface area contributed by atoms with Crippen molar-refractivity contribution < 1.29 is 8.42 Å². The molecule has 0 aromatic heterocycles. The van der Waals surface area contributed by atoms with Crippen molar-refractivity contribution in [3.05, 3.63) is 0 Å². The molecule has 0 bridgehead atoms. The summed E-state index contributed by atoms with van der Waals surface area (Å²) in [6, 6.07) is 0. The van der Waals surface area contributed by atoms with Gasteiger partial charge in [-0.2, -0.15) is 0 Å². The number of piperidine rings is 1. The lowest BCUT2D eigenvalue weighted by molar-refractivity contribution is 0.232. The molecule has 1 saturated heterocycles. The lowest BCUT2D eigenvalue weighted by Crippen LogP contribution is -2.42. The van der Waals surface area contributed by atoms with E-state index in [0.29, 0.717) is 13.0 Å². The fraction of sp³-hybridized carbons (Fsp3) is 0.929. The number of nitrogens with zero attached hydrogens (tertiary/aromatic N) is 2. The SMILES string of the molecule is CCNC(=NCCCS(C)(=O)=O)NCCN1CCCCC1. The highest BCUT2D eigenvalue weighted by Gasteiger charge is 2.09. The Kier molecular flexibility index (Phi) is 8.68. The van der Waals surface area contributed by atoms with Crippen LogP contribution in [0.4, 0.5) is 0 Å². The first-order chi connectivity index (χ1) is 10.0. The van der Waals surface area contributed by atoms with Gasteiger partial charge >= 0.3 is 0 Å². The van der Waals surface area contributed by atoms with E-state index in [1.165, 1.54) is 38.6 Å². The summed E-state index contributed by atoms with van der Waals surface area (Å²) in [4.78, 5) is 6.89. The minimum absolute atomic E-state index is 0.198. The highest BCUT2D eigenvalue weighted by Crippen LogP contribution is 2.07. The molecular weight excluding hydrogens is 288 g/mol. The molecule has 0 amide bonds. The third kappa shape index (κ3) is 9.68. The number of hydrogen-bond acceptors (Lipinski definition) is 4. The number of nitrogens with one attached hydrogen (secondary N) is 2. The van der Waals surface area contributed by atoms with Gasteiger partial charge in [0.1, 0.15) is 9.84 Å². The van der Waals surface area contributed by atoms with Crippen LogP contribution < -0.4 is 10.6 Å². The summed E-state index contributed by atoms with van der Waals surface area (Å²) >= 11 is 0. The number of hydrogen-bond donors (Lipinski definition) is 2. The van der Waals surface area contributed by atoms with E-state index in [1.807, 2.05) is 6.92 Å². The summed E-state index contributed by atoms with van der Waals surface area (Å²) in [7, 11) is -2.88. The summed E-state index contributed by atoms with van der Waals surface area (Å²) in [6.45, 7) is 7.67. The molecule has 0 aromatic rings. The summed E-state index contributed by atoms with van der Waals surface area (Å²) in [5, 5.41) is 6.50. The Morgan fingerprint density at radius 2 is 1.90 bits per heavy atom. The first-order valence-corrected chi connectivity index (χ1v) is 9.99. The third-order valence-electron chi connectivity index (χ3n) is 3.46. The maximum atomic E-state index is 11.1. The minimum Gasteiger partial charge on any atom is -0.357 e. The van der Waals surface area contributed by atoms with Crippen molar-refractivity contribution in [1.82, 2.24) is 15.5 Å². The Balaban J connectivity index is 2.24. The maximum Gasteiger partial charge on any atom is 0.191 e. The zero-order valence-electron chi connectivity index (χ0n) is 13.4. The molecular formula is C14H30N4O2S. The zero-order valence-corrected chi connectivity index (χ0v) is 14.2. The molecule has 2 N–H and O–H groups in total. The van der Waals surface area contributed by atoms with Gasteiger partial charge in [-0.25, -0.2) is 8.42 Å². The Morgan fingerprint density at radius 1 is 1.19 bits per heavy atom. The number of guanidine groups is 1. The minimum atomic E-state index is -2.88. The van der Waals surface area contributed by atoms with Gasteiger partial charge in [-0.3, -0.25) is 4.99 Å². The summed E-state index contributed by atoms with van der Waals surface area (Å²) in [5.41, 5.74) is 0. The van der Waals surface area contributed by atoms with Crippen LogP contribution in [-0.4, -0.2) is 70.6 Å². The Hall–Kier alpha value is -0.820. The lowest BCUT2D eigenvalue weighted by atomic mass is 10.1. The van der Waals surface area contributed by atoms with Crippen molar-refractivity contribution in [3.63, 3.8) is 0 Å². The number of sulfone groups is 1. The Labute approximate surface area is 129 Å². The molecule has 1 fully saturated rings. The fourth-order valence-corrected chi connectivity index (χ4v) is 3.03. The monoisotopic (exact) mass is 318 g/mol. The van der Waals surface area contributed by atoms with Crippen LogP contribution in [0.2, 0.25) is 0 Å². The molecule has 6 nitrogen and oxygen atoms in total. The number of likely N-dealkylation sites (tertiary alicyclic amines) is 1. The Morgan fingerprint density at radius 3 is 2.52 bits per heavy atom. The molecule has 124 valence electrons. The molecule has 7 heteroatoms. The zero-order chi connectivity index (χ0) is 15.6. The van der Waals surface area contributed by atoms with Crippen LogP contribution in [-0.2, 0) is 9.84 Å². The van der Waals surface area contributed by atoms with E-state index in [-0.39, 0.29) is 5.75 Å². The van der Waals surface area contributed by atoms with Crippen molar-refractivity contribution in [3.8, 4) is 0 Å². The van der Waals surface area contributed by atoms with E-state index in [1.54, 1.807) is 0 Å². The van der Waals surface area contributed by atoms with Crippen LogP contribution >= 0.6 is 0 Å². The first-order valence-electron chi connectivity index (χ1n) is 7.93. The highest BCUT2D eigenvalue weighted by molar-refractivity contribution is 7.90. The predicted octanol–water partition coefficient (Wildman–Crippen LogP) is 0.462. The van der Waals surface area contributed by atoms with Crippen molar-refractivity contribution in [2.24, 2.45) is 4.99 Å². The fourth-order valence-electron chi connectivity index (χ4n) is 2.37. The van der Waals surface area contributed by atoms with Gasteiger partial charge in [0.25, 0.3) is 0 Å². The van der Waals surface area contributed by atoms with Gasteiger partial charge < -0.3 is 15.5 Å². The molecule has 1 rings (SSSR count). The third-order valence-corrected chi connectivity index (χ3v) is 4.49. The van der Waals surface area contributed by atoms with Gasteiger partial charge in [0, 0.05) is 32.4 Å². The van der Waals surface area contributed by atoms with Gasteiger partial charge in [0.15, 0.2) is 5.96 Å². The first kappa shape index (κ1) is 18.2. The van der Waals surface area contributed by atoms with Gasteiger partial charge in [-0.15, -0.1) is 0 Å². The second-order valence-corrected chi connectivity index (χ2v) is 7.83. The average molecular weight is 318 g/mol. The molecule has 21 heavy (non-hydrogen) atoms. The van der Waals surface area contributed by atoms with Crippen LogP contribution in [0.15, 0.2) is 4.99 Å². The summed E-state index contributed by atoms with van der Waals surface area (Å²) < 4.78 is 22.1. The van der Waals surface area contributed by atoms with E-state index in [2.05, 4.69) is 20.5 Å². The average Bonchev–Trinajstić information content (AvgIpc) is 2.43. The van der Waals surface area contributed by atoms with Crippen molar-refractivity contribution >= 4 is 15.8 Å². The molecule has 1 aliphatic heterocycles. The topological polar surface area (TPSA) is 73.8 Å². The molecule has 1 aliphatic rings. The molecule has 0 radical (unpaired) electrons. The van der Waals surface area contributed by atoms with Crippen molar-refractivity contribution in [1.29, 1.82) is 0 Å². The van der Waals surface area contributed by atoms with Gasteiger partial charge in [0.05, 0.1) is 5.75 Å². The van der Waals surface area contributed by atoms with Crippen LogP contribution in [0.3, 0.4) is 0 Å². The number of aliphatic imine (C=N–C) groups is 1. The predicted molar refractivity (Wildman–Crippen MR) is 88.6 cm³/mol. The van der Waals surface area contributed by atoms with E-state index in [4.69, 9.17) is 0 Å². The Bertz CT molecular complexity index is 403. The van der Waals surface area contributed by atoms with E-state index >= 15 is 0 Å². The van der Waals surface area contributed by atoms with Gasteiger partial charge in [-0.05, 0) is 39.3 Å². The quantitative estimate of drug-likeness (QED) is 0.386. The van der Waals surface area contributed by atoms with Crippen LogP contribution in [0.1, 0.15) is 32.6 Å². The van der Waals surface area contributed by atoms with Gasteiger partial charge in [0.2, 0.25) is 0 Å². The van der Waals surface area contributed by atoms with Crippen molar-refractivity contribution in [2.45, 2.75) is 32.6 Å².